The van der Waals surface area contributed by atoms with Crippen molar-refractivity contribution in [3.05, 3.63) is 64.2 Å². The van der Waals surface area contributed by atoms with E-state index in [-0.39, 0.29) is 29.8 Å². The molecule has 2 heterocycles. The second-order valence-electron chi connectivity index (χ2n) is 6.95. The fourth-order valence-corrected chi connectivity index (χ4v) is 3.66. The molecule has 1 saturated carbocycles. The van der Waals surface area contributed by atoms with Crippen molar-refractivity contribution in [1.29, 1.82) is 0 Å². The molecule has 4 rings (SSSR count). The molecule has 3 aromatic rings. The van der Waals surface area contributed by atoms with Gasteiger partial charge in [-0.3, -0.25) is 9.59 Å². The van der Waals surface area contributed by atoms with E-state index in [2.05, 4.69) is 15.7 Å². The lowest BCUT2D eigenvalue weighted by molar-refractivity contribution is -0.117. The monoisotopic (exact) mass is 416 g/mol. The van der Waals surface area contributed by atoms with E-state index < -0.39 is 11.6 Å². The number of carbonyl (C=O) groups is 2. The number of benzene rings is 1. The first kappa shape index (κ1) is 19.3. The number of amides is 2. The van der Waals surface area contributed by atoms with Gasteiger partial charge in [-0.2, -0.15) is 5.10 Å². The molecule has 2 amide bonds. The van der Waals surface area contributed by atoms with E-state index >= 15 is 0 Å². The topological polar surface area (TPSA) is 76.0 Å². The SMILES string of the molecule is Cc1cnn(Cc2cc(F)ccc2F)c1NC(=O)c1ccc(NC(=O)C2CC2)s1. The van der Waals surface area contributed by atoms with E-state index in [0.29, 0.717) is 21.3 Å². The predicted octanol–water partition coefficient (Wildman–Crippen LogP) is 4.18. The highest BCUT2D eigenvalue weighted by Gasteiger charge is 2.30. The summed E-state index contributed by atoms with van der Waals surface area (Å²) >= 11 is 1.17. The number of aromatic nitrogens is 2. The van der Waals surface area contributed by atoms with Crippen molar-refractivity contribution in [3.8, 4) is 0 Å². The third-order valence-corrected chi connectivity index (χ3v) is 5.61. The zero-order valence-electron chi connectivity index (χ0n) is 15.5. The normalized spacial score (nSPS) is 13.3. The Hall–Kier alpha value is -3.07. The third-order valence-electron chi connectivity index (χ3n) is 4.61. The van der Waals surface area contributed by atoms with E-state index in [0.717, 1.165) is 31.0 Å². The number of halogens is 2. The van der Waals surface area contributed by atoms with Gasteiger partial charge in [-0.25, -0.2) is 13.5 Å². The minimum absolute atomic E-state index is 0.0233. The van der Waals surface area contributed by atoms with Crippen molar-refractivity contribution in [2.75, 3.05) is 10.6 Å². The van der Waals surface area contributed by atoms with Crippen LogP contribution in [0.15, 0.2) is 36.5 Å². The molecule has 0 aliphatic heterocycles. The highest BCUT2D eigenvalue weighted by atomic mass is 32.1. The van der Waals surface area contributed by atoms with Gasteiger partial charge < -0.3 is 10.6 Å². The number of thiophene rings is 1. The zero-order valence-corrected chi connectivity index (χ0v) is 16.4. The van der Waals surface area contributed by atoms with Crippen LogP contribution in [0, 0.1) is 24.5 Å². The van der Waals surface area contributed by atoms with E-state index in [4.69, 9.17) is 0 Å². The second-order valence-corrected chi connectivity index (χ2v) is 8.03. The number of nitrogens with zero attached hydrogens (tertiary/aromatic N) is 2. The average molecular weight is 416 g/mol. The molecule has 150 valence electrons. The average Bonchev–Trinajstić information content (AvgIpc) is 3.36. The van der Waals surface area contributed by atoms with Gasteiger partial charge in [0.2, 0.25) is 5.91 Å². The van der Waals surface area contributed by atoms with Crippen molar-refractivity contribution >= 4 is 34.0 Å². The van der Waals surface area contributed by atoms with Crippen LogP contribution in [0.25, 0.3) is 0 Å². The van der Waals surface area contributed by atoms with Crippen molar-refractivity contribution in [1.82, 2.24) is 9.78 Å². The van der Waals surface area contributed by atoms with E-state index in [1.54, 1.807) is 25.3 Å². The van der Waals surface area contributed by atoms with Crippen LogP contribution in [0.1, 0.15) is 33.6 Å². The fraction of sp³-hybridized carbons (Fsp3) is 0.250. The molecule has 9 heteroatoms. The Balaban J connectivity index is 1.48. The summed E-state index contributed by atoms with van der Waals surface area (Å²) < 4.78 is 28.8. The fourth-order valence-electron chi connectivity index (χ4n) is 2.85. The van der Waals surface area contributed by atoms with Crippen LogP contribution in [-0.4, -0.2) is 21.6 Å². The number of rotatable bonds is 6. The first-order chi connectivity index (χ1) is 13.9. The molecule has 6 nitrogen and oxygen atoms in total. The lowest BCUT2D eigenvalue weighted by Crippen LogP contribution is -2.16. The van der Waals surface area contributed by atoms with Crippen LogP contribution in [0.2, 0.25) is 0 Å². The minimum Gasteiger partial charge on any atom is -0.317 e. The molecular weight excluding hydrogens is 398 g/mol. The van der Waals surface area contributed by atoms with Gasteiger partial charge in [0.05, 0.1) is 22.6 Å². The minimum atomic E-state index is -0.550. The molecule has 1 aromatic carbocycles. The zero-order chi connectivity index (χ0) is 20.5. The Morgan fingerprint density at radius 1 is 1.21 bits per heavy atom. The maximum absolute atomic E-state index is 14.0. The maximum Gasteiger partial charge on any atom is 0.266 e. The maximum atomic E-state index is 14.0. The number of nitrogens with one attached hydrogen (secondary N) is 2. The van der Waals surface area contributed by atoms with Crippen LogP contribution in [0.5, 0.6) is 0 Å². The van der Waals surface area contributed by atoms with E-state index in [9.17, 15) is 18.4 Å². The van der Waals surface area contributed by atoms with Crippen molar-refractivity contribution in [3.63, 3.8) is 0 Å². The summed E-state index contributed by atoms with van der Waals surface area (Å²) in [4.78, 5) is 24.9. The molecular formula is C20H18F2N4O2S. The molecule has 0 radical (unpaired) electrons. The van der Waals surface area contributed by atoms with Crippen LogP contribution in [-0.2, 0) is 11.3 Å². The Morgan fingerprint density at radius 3 is 2.76 bits per heavy atom. The number of aryl methyl sites for hydroxylation is 1. The summed E-state index contributed by atoms with van der Waals surface area (Å²) in [5.41, 5.74) is 0.818. The van der Waals surface area contributed by atoms with Gasteiger partial charge in [-0.05, 0) is 50.1 Å². The predicted molar refractivity (Wildman–Crippen MR) is 106 cm³/mol. The van der Waals surface area contributed by atoms with Crippen LogP contribution < -0.4 is 10.6 Å². The Kier molecular flexibility index (Phi) is 5.14. The third kappa shape index (κ3) is 4.34. The number of anilines is 2. The Labute approximate surface area is 169 Å². The molecule has 2 N–H and O–H groups in total. The van der Waals surface area contributed by atoms with Gasteiger partial charge in [0, 0.05) is 17.0 Å². The molecule has 0 unspecified atom stereocenters. The van der Waals surface area contributed by atoms with Crippen molar-refractivity contribution in [2.45, 2.75) is 26.3 Å². The molecule has 1 aliphatic rings. The van der Waals surface area contributed by atoms with Gasteiger partial charge in [0.1, 0.15) is 17.5 Å². The summed E-state index contributed by atoms with van der Waals surface area (Å²) in [6.07, 6.45) is 3.35. The molecule has 0 saturated heterocycles. The number of hydrogen-bond acceptors (Lipinski definition) is 4. The van der Waals surface area contributed by atoms with Crippen molar-refractivity contribution < 1.29 is 18.4 Å². The Morgan fingerprint density at radius 2 is 2.00 bits per heavy atom. The summed E-state index contributed by atoms with van der Waals surface area (Å²) in [6, 6.07) is 6.53. The quantitative estimate of drug-likeness (QED) is 0.633. The highest BCUT2D eigenvalue weighted by Crippen LogP contribution is 2.32. The van der Waals surface area contributed by atoms with Gasteiger partial charge in [-0.1, -0.05) is 0 Å². The summed E-state index contributed by atoms with van der Waals surface area (Å²) in [5.74, 6) is -1.01. The number of hydrogen-bond donors (Lipinski definition) is 2. The molecule has 2 aromatic heterocycles. The molecule has 0 bridgehead atoms. The van der Waals surface area contributed by atoms with Crippen LogP contribution >= 0.6 is 11.3 Å². The van der Waals surface area contributed by atoms with Crippen LogP contribution in [0.4, 0.5) is 19.6 Å². The van der Waals surface area contributed by atoms with E-state index in [1.165, 1.54) is 16.0 Å². The summed E-state index contributed by atoms with van der Waals surface area (Å²) in [5, 5.41) is 10.4. The Bertz CT molecular complexity index is 1090. The summed E-state index contributed by atoms with van der Waals surface area (Å²) in [6.45, 7) is 1.73. The standard InChI is InChI=1S/C20H18F2N4O2S/c1-11-9-23-26(10-13-8-14(21)4-5-15(13)22)18(11)25-20(28)16-6-7-17(29-16)24-19(27)12-2-3-12/h4-9,12H,2-3,10H2,1H3,(H,24,27)(H,25,28). The molecule has 1 fully saturated rings. The number of carbonyl (C=O) groups excluding carboxylic acids is 2. The van der Waals surface area contributed by atoms with Crippen molar-refractivity contribution in [2.24, 2.45) is 5.92 Å². The largest absolute Gasteiger partial charge is 0.317 e. The molecule has 0 spiro atoms. The summed E-state index contributed by atoms with van der Waals surface area (Å²) in [7, 11) is 0. The van der Waals surface area contributed by atoms with Gasteiger partial charge in [0.25, 0.3) is 5.91 Å². The molecule has 1 aliphatic carbocycles. The smallest absolute Gasteiger partial charge is 0.266 e. The van der Waals surface area contributed by atoms with Gasteiger partial charge in [-0.15, -0.1) is 11.3 Å². The van der Waals surface area contributed by atoms with Gasteiger partial charge >= 0.3 is 0 Å². The molecule has 29 heavy (non-hydrogen) atoms. The second kappa shape index (κ2) is 7.75. The van der Waals surface area contributed by atoms with Gasteiger partial charge in [0.15, 0.2) is 0 Å². The highest BCUT2D eigenvalue weighted by molar-refractivity contribution is 7.18. The first-order valence-electron chi connectivity index (χ1n) is 9.09. The first-order valence-corrected chi connectivity index (χ1v) is 9.91. The van der Waals surface area contributed by atoms with E-state index in [1.807, 2.05) is 0 Å². The molecule has 0 atom stereocenters. The lowest BCUT2D eigenvalue weighted by atomic mass is 10.2. The van der Waals surface area contributed by atoms with Crippen LogP contribution in [0.3, 0.4) is 0 Å². The lowest BCUT2D eigenvalue weighted by Gasteiger charge is -2.10.